The van der Waals surface area contributed by atoms with Gasteiger partial charge in [-0.25, -0.2) is 4.98 Å². The molecule has 1 N–H and O–H groups in total. The summed E-state index contributed by atoms with van der Waals surface area (Å²) in [7, 11) is 0. The molecule has 0 spiro atoms. The third-order valence-electron chi connectivity index (χ3n) is 4.80. The molecule has 0 aliphatic carbocycles. The van der Waals surface area contributed by atoms with E-state index in [0.717, 1.165) is 55.6 Å². The van der Waals surface area contributed by atoms with Gasteiger partial charge < -0.3 is 14.5 Å². The lowest BCUT2D eigenvalue weighted by Crippen LogP contribution is -2.19. The van der Waals surface area contributed by atoms with Gasteiger partial charge in [-0.15, -0.1) is 10.2 Å². The molecule has 0 saturated heterocycles. The van der Waals surface area contributed by atoms with Crippen molar-refractivity contribution in [2.24, 2.45) is 0 Å². The van der Waals surface area contributed by atoms with Crippen LogP contribution in [-0.4, -0.2) is 24.3 Å². The number of benzene rings is 1. The van der Waals surface area contributed by atoms with E-state index in [2.05, 4.69) is 49.8 Å². The molecule has 4 rings (SSSR count). The predicted molar refractivity (Wildman–Crippen MR) is 93.5 cm³/mol. The molecular formula is C18H24N6. The molecule has 0 atom stereocenters. The van der Waals surface area contributed by atoms with Crippen LogP contribution in [0.25, 0.3) is 11.0 Å². The Labute approximate surface area is 141 Å². The average molecular weight is 324 g/mol. The zero-order valence-electron chi connectivity index (χ0n) is 14.2. The lowest BCUT2D eigenvalue weighted by molar-refractivity contribution is 0.558. The topological polar surface area (TPSA) is 60.6 Å². The number of rotatable bonds is 5. The molecule has 0 amide bonds. The van der Waals surface area contributed by atoms with Crippen LogP contribution >= 0.6 is 0 Å². The first-order chi connectivity index (χ1) is 11.9. The molecule has 0 radical (unpaired) electrons. The Morgan fingerprint density at radius 1 is 1.04 bits per heavy atom. The molecule has 126 valence electrons. The Hall–Kier alpha value is -2.21. The van der Waals surface area contributed by atoms with E-state index < -0.39 is 0 Å². The Morgan fingerprint density at radius 3 is 2.83 bits per heavy atom. The zero-order valence-corrected chi connectivity index (χ0v) is 14.2. The number of para-hydroxylation sites is 2. The highest BCUT2D eigenvalue weighted by molar-refractivity contribution is 5.75. The molecule has 2 aromatic heterocycles. The Morgan fingerprint density at radius 2 is 1.92 bits per heavy atom. The second kappa shape index (κ2) is 6.73. The van der Waals surface area contributed by atoms with E-state index in [1.54, 1.807) is 0 Å². The van der Waals surface area contributed by atoms with E-state index in [1.165, 1.54) is 24.8 Å². The number of fused-ring (bicyclic) bond motifs is 2. The highest BCUT2D eigenvalue weighted by Crippen LogP contribution is 2.17. The van der Waals surface area contributed by atoms with Crippen LogP contribution in [0.15, 0.2) is 24.3 Å². The van der Waals surface area contributed by atoms with Crippen LogP contribution in [0, 0.1) is 0 Å². The zero-order chi connectivity index (χ0) is 16.4. The van der Waals surface area contributed by atoms with Gasteiger partial charge in [0.2, 0.25) is 0 Å². The van der Waals surface area contributed by atoms with Crippen molar-refractivity contribution in [1.82, 2.24) is 29.6 Å². The van der Waals surface area contributed by atoms with Gasteiger partial charge in [0.05, 0.1) is 24.1 Å². The summed E-state index contributed by atoms with van der Waals surface area (Å²) in [4.78, 5) is 4.76. The first-order valence-electron chi connectivity index (χ1n) is 8.92. The molecule has 1 aliphatic rings. The van der Waals surface area contributed by atoms with E-state index in [4.69, 9.17) is 4.98 Å². The highest BCUT2D eigenvalue weighted by atomic mass is 15.3. The van der Waals surface area contributed by atoms with Crippen molar-refractivity contribution in [3.8, 4) is 0 Å². The minimum absolute atomic E-state index is 0.736. The third-order valence-corrected chi connectivity index (χ3v) is 4.80. The average Bonchev–Trinajstić information content (AvgIpc) is 3.07. The SMILES string of the molecule is CCn1c(CNCc2nnc3n2CCCCC3)nc2ccccc21. The van der Waals surface area contributed by atoms with E-state index >= 15 is 0 Å². The van der Waals surface area contributed by atoms with Crippen LogP contribution in [0.1, 0.15) is 43.7 Å². The summed E-state index contributed by atoms with van der Waals surface area (Å²) < 4.78 is 4.56. The van der Waals surface area contributed by atoms with Crippen LogP contribution in [0.2, 0.25) is 0 Å². The number of hydrogen-bond acceptors (Lipinski definition) is 4. The van der Waals surface area contributed by atoms with E-state index in [0.29, 0.717) is 0 Å². The quantitative estimate of drug-likeness (QED) is 0.784. The summed E-state index contributed by atoms with van der Waals surface area (Å²) in [6.45, 7) is 5.62. The lowest BCUT2D eigenvalue weighted by Gasteiger charge is -2.09. The van der Waals surface area contributed by atoms with E-state index in [-0.39, 0.29) is 0 Å². The molecule has 1 aliphatic heterocycles. The molecule has 0 fully saturated rings. The van der Waals surface area contributed by atoms with Gasteiger partial charge in [-0.05, 0) is 31.9 Å². The fraction of sp³-hybridized carbons (Fsp3) is 0.500. The monoisotopic (exact) mass is 324 g/mol. The van der Waals surface area contributed by atoms with Crippen LogP contribution in [0.4, 0.5) is 0 Å². The minimum Gasteiger partial charge on any atom is -0.327 e. The van der Waals surface area contributed by atoms with Crippen LogP contribution in [0.3, 0.4) is 0 Å². The van der Waals surface area contributed by atoms with E-state index in [9.17, 15) is 0 Å². The van der Waals surface area contributed by atoms with Gasteiger partial charge in [0.1, 0.15) is 17.5 Å². The van der Waals surface area contributed by atoms with Crippen molar-refractivity contribution in [3.63, 3.8) is 0 Å². The van der Waals surface area contributed by atoms with Crippen molar-refractivity contribution in [2.75, 3.05) is 0 Å². The van der Waals surface area contributed by atoms with Crippen molar-refractivity contribution in [2.45, 2.75) is 58.8 Å². The van der Waals surface area contributed by atoms with Crippen LogP contribution in [0.5, 0.6) is 0 Å². The summed E-state index contributed by atoms with van der Waals surface area (Å²) in [6.07, 6.45) is 4.80. The largest absolute Gasteiger partial charge is 0.327 e. The maximum atomic E-state index is 4.76. The number of nitrogens with one attached hydrogen (secondary N) is 1. The summed E-state index contributed by atoms with van der Waals surface area (Å²) in [5, 5.41) is 12.2. The number of aromatic nitrogens is 5. The standard InChI is InChI=1S/C18H24N6/c1-2-23-15-9-6-5-8-14(15)20-17(23)12-19-13-18-22-21-16-10-4-3-7-11-24(16)18/h5-6,8-9,19H,2-4,7,10-13H2,1H3. The van der Waals surface area contributed by atoms with Crippen molar-refractivity contribution >= 4 is 11.0 Å². The molecule has 6 heteroatoms. The maximum absolute atomic E-state index is 4.76. The maximum Gasteiger partial charge on any atom is 0.147 e. The summed E-state index contributed by atoms with van der Waals surface area (Å²) in [5.41, 5.74) is 2.26. The predicted octanol–water partition coefficient (Wildman–Crippen LogP) is 2.66. The Balaban J connectivity index is 1.47. The molecule has 0 unspecified atom stereocenters. The first-order valence-corrected chi connectivity index (χ1v) is 8.92. The van der Waals surface area contributed by atoms with Gasteiger partial charge in [-0.2, -0.15) is 0 Å². The summed E-state index contributed by atoms with van der Waals surface area (Å²) >= 11 is 0. The van der Waals surface area contributed by atoms with Gasteiger partial charge in [-0.3, -0.25) is 0 Å². The molecule has 3 heterocycles. The third kappa shape index (κ3) is 2.82. The first kappa shape index (κ1) is 15.3. The number of imidazole rings is 1. The molecule has 1 aromatic carbocycles. The van der Waals surface area contributed by atoms with Crippen LogP contribution in [-0.2, 0) is 32.6 Å². The number of nitrogens with zero attached hydrogens (tertiary/aromatic N) is 5. The minimum atomic E-state index is 0.736. The van der Waals surface area contributed by atoms with Crippen molar-refractivity contribution in [1.29, 1.82) is 0 Å². The van der Waals surface area contributed by atoms with Crippen molar-refractivity contribution < 1.29 is 0 Å². The van der Waals surface area contributed by atoms with Crippen LogP contribution < -0.4 is 5.32 Å². The van der Waals surface area contributed by atoms with Gasteiger partial charge in [-0.1, -0.05) is 18.6 Å². The molecule has 24 heavy (non-hydrogen) atoms. The normalized spacial score (nSPS) is 14.7. The molecule has 3 aromatic rings. The van der Waals surface area contributed by atoms with Crippen molar-refractivity contribution in [3.05, 3.63) is 41.7 Å². The molecule has 0 bridgehead atoms. The van der Waals surface area contributed by atoms with Gasteiger partial charge >= 0.3 is 0 Å². The summed E-state index contributed by atoms with van der Waals surface area (Å²) in [6, 6.07) is 8.31. The molecular weight excluding hydrogens is 300 g/mol. The molecule has 6 nitrogen and oxygen atoms in total. The molecule has 0 saturated carbocycles. The van der Waals surface area contributed by atoms with E-state index in [1.807, 2.05) is 6.07 Å². The second-order valence-corrected chi connectivity index (χ2v) is 6.36. The van der Waals surface area contributed by atoms with Gasteiger partial charge in [0, 0.05) is 19.5 Å². The Bertz CT molecular complexity index is 831. The van der Waals surface area contributed by atoms with Gasteiger partial charge in [0.25, 0.3) is 0 Å². The Kier molecular flexibility index (Phi) is 4.30. The highest BCUT2D eigenvalue weighted by Gasteiger charge is 2.15. The van der Waals surface area contributed by atoms with Gasteiger partial charge in [0.15, 0.2) is 0 Å². The lowest BCUT2D eigenvalue weighted by atomic mass is 10.2. The number of aryl methyl sites for hydroxylation is 2. The number of hydrogen-bond donors (Lipinski definition) is 1. The summed E-state index contributed by atoms with van der Waals surface area (Å²) in [5.74, 6) is 3.27. The fourth-order valence-corrected chi connectivity index (χ4v) is 3.58. The fourth-order valence-electron chi connectivity index (χ4n) is 3.58. The second-order valence-electron chi connectivity index (χ2n) is 6.36. The smallest absolute Gasteiger partial charge is 0.147 e.